The normalized spacial score (nSPS) is 25.8. The molecule has 0 bridgehead atoms. The summed E-state index contributed by atoms with van der Waals surface area (Å²) in [4.78, 5) is 12.0. The monoisotopic (exact) mass is 236 g/mol. The van der Waals surface area contributed by atoms with Gasteiger partial charge in [-0.15, -0.1) is 0 Å². The number of amides is 1. The molecule has 1 heterocycles. The highest BCUT2D eigenvalue weighted by molar-refractivity contribution is 5.79. The van der Waals surface area contributed by atoms with E-state index in [0.717, 1.165) is 24.8 Å². The van der Waals surface area contributed by atoms with Crippen LogP contribution in [0.4, 0.5) is 0 Å². The molecule has 0 saturated heterocycles. The highest BCUT2D eigenvalue weighted by Gasteiger charge is 2.28. The minimum atomic E-state index is 0.00743. The van der Waals surface area contributed by atoms with E-state index in [0.29, 0.717) is 0 Å². The summed E-state index contributed by atoms with van der Waals surface area (Å²) in [6.07, 6.45) is 6.38. The number of nitrogens with one attached hydrogen (secondary N) is 1. The van der Waals surface area contributed by atoms with E-state index in [1.165, 1.54) is 0 Å². The molecule has 0 aliphatic heterocycles. The van der Waals surface area contributed by atoms with Crippen molar-refractivity contribution in [3.63, 3.8) is 0 Å². The molecule has 3 atom stereocenters. The maximum absolute atomic E-state index is 12.0. The summed E-state index contributed by atoms with van der Waals surface area (Å²) in [5.41, 5.74) is 6.85. The number of nitrogens with zero attached hydrogens (tertiary/aromatic N) is 2. The third kappa shape index (κ3) is 2.85. The molecule has 1 fully saturated rings. The van der Waals surface area contributed by atoms with Gasteiger partial charge in [0.2, 0.25) is 5.91 Å². The second-order valence-corrected chi connectivity index (χ2v) is 4.95. The van der Waals surface area contributed by atoms with Crippen LogP contribution in [-0.2, 0) is 11.8 Å². The predicted octanol–water partition coefficient (Wildman–Crippen LogP) is 0.725. The molecule has 1 aliphatic rings. The lowest BCUT2D eigenvalue weighted by Crippen LogP contribution is -2.32. The van der Waals surface area contributed by atoms with Crippen LogP contribution in [-0.4, -0.2) is 21.7 Å². The first-order valence-corrected chi connectivity index (χ1v) is 6.10. The van der Waals surface area contributed by atoms with E-state index in [1.807, 2.05) is 20.2 Å². The third-order valence-corrected chi connectivity index (χ3v) is 3.43. The van der Waals surface area contributed by atoms with E-state index < -0.39 is 0 Å². The lowest BCUT2D eigenvalue weighted by atomic mass is 10.1. The molecule has 1 amide bonds. The lowest BCUT2D eigenvalue weighted by Gasteiger charge is -2.15. The quantitative estimate of drug-likeness (QED) is 0.812. The molecule has 5 nitrogen and oxygen atoms in total. The Morgan fingerprint density at radius 1 is 1.65 bits per heavy atom. The smallest absolute Gasteiger partial charge is 0.223 e. The van der Waals surface area contributed by atoms with Crippen molar-refractivity contribution < 1.29 is 4.79 Å². The fourth-order valence-electron chi connectivity index (χ4n) is 2.33. The number of carbonyl (C=O) groups excluding carboxylic acids is 1. The zero-order chi connectivity index (χ0) is 12.4. The van der Waals surface area contributed by atoms with E-state index >= 15 is 0 Å². The van der Waals surface area contributed by atoms with Gasteiger partial charge in [-0.25, -0.2) is 0 Å². The van der Waals surface area contributed by atoms with Crippen molar-refractivity contribution in [2.24, 2.45) is 18.7 Å². The lowest BCUT2D eigenvalue weighted by molar-refractivity contribution is -0.125. The maximum atomic E-state index is 12.0. The topological polar surface area (TPSA) is 72.9 Å². The van der Waals surface area contributed by atoms with Gasteiger partial charge in [0.1, 0.15) is 0 Å². The Morgan fingerprint density at radius 2 is 2.41 bits per heavy atom. The Kier molecular flexibility index (Phi) is 3.47. The summed E-state index contributed by atoms with van der Waals surface area (Å²) in [6.45, 7) is 1.98. The Hall–Kier alpha value is -1.36. The molecule has 1 aliphatic carbocycles. The van der Waals surface area contributed by atoms with Gasteiger partial charge in [-0.1, -0.05) is 0 Å². The molecule has 0 radical (unpaired) electrons. The first-order valence-electron chi connectivity index (χ1n) is 6.10. The van der Waals surface area contributed by atoms with Gasteiger partial charge in [0.25, 0.3) is 0 Å². The average molecular weight is 236 g/mol. The van der Waals surface area contributed by atoms with Gasteiger partial charge in [-0.3, -0.25) is 9.48 Å². The second kappa shape index (κ2) is 4.87. The zero-order valence-electron chi connectivity index (χ0n) is 10.4. The minimum absolute atomic E-state index is 0.00743. The summed E-state index contributed by atoms with van der Waals surface area (Å²) < 4.78 is 1.74. The van der Waals surface area contributed by atoms with Crippen LogP contribution in [0.15, 0.2) is 12.4 Å². The zero-order valence-corrected chi connectivity index (χ0v) is 10.4. The van der Waals surface area contributed by atoms with Gasteiger partial charge in [0.05, 0.1) is 12.2 Å². The molecule has 17 heavy (non-hydrogen) atoms. The molecule has 3 N–H and O–H groups in total. The first kappa shape index (κ1) is 12.1. The fraction of sp³-hybridized carbons (Fsp3) is 0.667. The number of hydrogen-bond donors (Lipinski definition) is 2. The van der Waals surface area contributed by atoms with Gasteiger partial charge >= 0.3 is 0 Å². The van der Waals surface area contributed by atoms with Crippen molar-refractivity contribution in [2.75, 3.05) is 0 Å². The van der Waals surface area contributed by atoms with Crippen LogP contribution in [0.25, 0.3) is 0 Å². The van der Waals surface area contributed by atoms with Crippen LogP contribution in [0.2, 0.25) is 0 Å². The molecule has 0 spiro atoms. The number of hydrogen-bond acceptors (Lipinski definition) is 3. The standard InChI is InChI=1S/C12H20N4O/c1-8(10-6-14-16(2)7-10)15-12(17)9-3-4-11(13)5-9/h6-9,11H,3-5,13H2,1-2H3,(H,15,17). The van der Waals surface area contributed by atoms with E-state index in [4.69, 9.17) is 5.73 Å². The van der Waals surface area contributed by atoms with E-state index in [-0.39, 0.29) is 23.9 Å². The van der Waals surface area contributed by atoms with E-state index in [2.05, 4.69) is 10.4 Å². The van der Waals surface area contributed by atoms with E-state index in [1.54, 1.807) is 10.9 Å². The van der Waals surface area contributed by atoms with Gasteiger partial charge in [-0.2, -0.15) is 5.10 Å². The maximum Gasteiger partial charge on any atom is 0.223 e. The number of aryl methyl sites for hydroxylation is 1. The first-order chi connectivity index (χ1) is 8.06. The van der Waals surface area contributed by atoms with Crippen molar-refractivity contribution in [2.45, 2.75) is 38.3 Å². The molecule has 1 aromatic heterocycles. The molecular formula is C12H20N4O. The van der Waals surface area contributed by atoms with Crippen molar-refractivity contribution in [3.8, 4) is 0 Å². The number of aromatic nitrogens is 2. The Bertz CT molecular complexity index is 401. The predicted molar refractivity (Wildman–Crippen MR) is 65.1 cm³/mol. The van der Waals surface area contributed by atoms with Crippen LogP contribution < -0.4 is 11.1 Å². The molecule has 3 unspecified atom stereocenters. The molecule has 94 valence electrons. The Balaban J connectivity index is 1.90. The average Bonchev–Trinajstić information content (AvgIpc) is 2.87. The van der Waals surface area contributed by atoms with Crippen molar-refractivity contribution in [3.05, 3.63) is 18.0 Å². The largest absolute Gasteiger partial charge is 0.349 e. The third-order valence-electron chi connectivity index (χ3n) is 3.43. The molecular weight excluding hydrogens is 216 g/mol. The van der Waals surface area contributed by atoms with Crippen molar-refractivity contribution in [1.29, 1.82) is 0 Å². The summed E-state index contributed by atoms with van der Waals surface area (Å²) in [6, 6.07) is 0.201. The summed E-state index contributed by atoms with van der Waals surface area (Å²) in [7, 11) is 1.87. The number of carbonyl (C=O) groups is 1. The number of nitrogens with two attached hydrogens (primary N) is 1. The summed E-state index contributed by atoms with van der Waals surface area (Å²) in [5, 5.41) is 7.12. The molecule has 5 heteroatoms. The van der Waals surface area contributed by atoms with E-state index in [9.17, 15) is 4.79 Å². The summed E-state index contributed by atoms with van der Waals surface area (Å²) in [5.74, 6) is 0.207. The van der Waals surface area contributed by atoms with Crippen molar-refractivity contribution in [1.82, 2.24) is 15.1 Å². The Morgan fingerprint density at radius 3 is 2.94 bits per heavy atom. The van der Waals surface area contributed by atoms with Crippen molar-refractivity contribution >= 4 is 5.91 Å². The minimum Gasteiger partial charge on any atom is -0.349 e. The van der Waals surface area contributed by atoms with Crippen LogP contribution in [0.5, 0.6) is 0 Å². The van der Waals surface area contributed by atoms with Gasteiger partial charge in [0, 0.05) is 30.8 Å². The van der Waals surface area contributed by atoms with Crippen LogP contribution >= 0.6 is 0 Å². The van der Waals surface area contributed by atoms with Gasteiger partial charge < -0.3 is 11.1 Å². The SMILES string of the molecule is CC(NC(=O)C1CCC(N)C1)c1cnn(C)c1. The van der Waals surface area contributed by atoms with Crippen LogP contribution in [0, 0.1) is 5.92 Å². The summed E-state index contributed by atoms with van der Waals surface area (Å²) >= 11 is 0. The Labute approximate surface area is 101 Å². The molecule has 1 aromatic rings. The highest BCUT2D eigenvalue weighted by atomic mass is 16.1. The fourth-order valence-corrected chi connectivity index (χ4v) is 2.33. The van der Waals surface area contributed by atoms with Crippen LogP contribution in [0.3, 0.4) is 0 Å². The molecule has 2 rings (SSSR count). The second-order valence-electron chi connectivity index (χ2n) is 4.95. The van der Waals surface area contributed by atoms with Gasteiger partial charge in [0.15, 0.2) is 0 Å². The highest BCUT2D eigenvalue weighted by Crippen LogP contribution is 2.25. The van der Waals surface area contributed by atoms with Crippen LogP contribution in [0.1, 0.15) is 37.8 Å². The molecule has 0 aromatic carbocycles. The number of rotatable bonds is 3. The van der Waals surface area contributed by atoms with Gasteiger partial charge in [-0.05, 0) is 26.2 Å². The molecule has 1 saturated carbocycles.